The zero-order valence-electron chi connectivity index (χ0n) is 16.1. The van der Waals surface area contributed by atoms with E-state index in [0.29, 0.717) is 12.0 Å². The van der Waals surface area contributed by atoms with Gasteiger partial charge in [-0.15, -0.1) is 0 Å². The molecular formula is C20H40N3+. The molecule has 2 aliphatic heterocycles. The van der Waals surface area contributed by atoms with Crippen LogP contribution < -0.4 is 5.73 Å². The zero-order valence-corrected chi connectivity index (χ0v) is 16.1. The van der Waals surface area contributed by atoms with Crippen molar-refractivity contribution in [2.24, 2.45) is 11.7 Å². The van der Waals surface area contributed by atoms with Gasteiger partial charge in [0.2, 0.25) is 0 Å². The lowest BCUT2D eigenvalue weighted by molar-refractivity contribution is -0.932. The summed E-state index contributed by atoms with van der Waals surface area (Å²) in [6.07, 6.45) is 6.45. The van der Waals surface area contributed by atoms with Crippen molar-refractivity contribution in [1.82, 2.24) is 4.90 Å². The first-order valence-corrected chi connectivity index (χ1v) is 10.1. The van der Waals surface area contributed by atoms with Crippen LogP contribution in [-0.4, -0.2) is 61.2 Å². The normalized spacial score (nSPS) is 33.3. The maximum atomic E-state index is 6.73. The number of nitrogens with two attached hydrogens (primary N) is 1. The van der Waals surface area contributed by atoms with Crippen LogP contribution in [0.1, 0.15) is 59.8 Å². The van der Waals surface area contributed by atoms with Gasteiger partial charge in [0.1, 0.15) is 0 Å². The molecule has 2 N–H and O–H groups in total. The van der Waals surface area contributed by atoms with Crippen molar-refractivity contribution < 1.29 is 4.48 Å². The summed E-state index contributed by atoms with van der Waals surface area (Å²) in [5.74, 6) is 0.633. The third-order valence-corrected chi connectivity index (χ3v) is 6.42. The minimum atomic E-state index is 0.353. The van der Waals surface area contributed by atoms with Crippen molar-refractivity contribution in [3.8, 4) is 0 Å². The summed E-state index contributed by atoms with van der Waals surface area (Å²) in [5.41, 5.74) is 10.1. The lowest BCUT2D eigenvalue weighted by Gasteiger charge is -2.47. The van der Waals surface area contributed by atoms with Gasteiger partial charge >= 0.3 is 0 Å². The molecule has 3 heteroatoms. The predicted octanol–water partition coefficient (Wildman–Crippen LogP) is 3.40. The minimum Gasteiger partial charge on any atom is -0.323 e. The summed E-state index contributed by atoms with van der Waals surface area (Å²) in [5, 5.41) is 0. The standard InChI is InChI=1S/C20H40N3/c1-5-8-11-22-12-9-17(4)19(15-22)18-10-14-23(7-3,13-6-2)16-20(18)21/h18,20H,5-16,21H2,1-4H3/q+1. The van der Waals surface area contributed by atoms with Crippen molar-refractivity contribution in [2.45, 2.75) is 65.8 Å². The molecular weight excluding hydrogens is 282 g/mol. The molecule has 0 aromatic heterocycles. The highest BCUT2D eigenvalue weighted by molar-refractivity contribution is 5.22. The highest BCUT2D eigenvalue weighted by Gasteiger charge is 2.39. The Morgan fingerprint density at radius 2 is 2.00 bits per heavy atom. The van der Waals surface area contributed by atoms with E-state index in [1.54, 1.807) is 11.1 Å². The Morgan fingerprint density at radius 3 is 2.61 bits per heavy atom. The fraction of sp³-hybridized carbons (Fsp3) is 0.900. The molecule has 3 atom stereocenters. The maximum absolute atomic E-state index is 6.73. The SMILES string of the molecule is CCCCN1CCC(C)=C(C2CC[N+](CC)(CCC)CC2N)C1. The van der Waals surface area contributed by atoms with Crippen molar-refractivity contribution >= 4 is 0 Å². The molecule has 0 bridgehead atoms. The Bertz CT molecular complexity index is 404. The van der Waals surface area contributed by atoms with Crippen LogP contribution in [0.2, 0.25) is 0 Å². The monoisotopic (exact) mass is 322 g/mol. The first-order valence-electron chi connectivity index (χ1n) is 10.1. The molecule has 2 rings (SSSR count). The van der Waals surface area contributed by atoms with Gasteiger partial charge in [0.15, 0.2) is 0 Å². The van der Waals surface area contributed by atoms with E-state index >= 15 is 0 Å². The lowest BCUT2D eigenvalue weighted by Crippen LogP contribution is -2.61. The Morgan fingerprint density at radius 1 is 1.22 bits per heavy atom. The maximum Gasteiger partial charge on any atom is 0.0946 e. The number of hydrogen-bond donors (Lipinski definition) is 1. The first kappa shape index (κ1) is 19.0. The molecule has 0 aliphatic carbocycles. The van der Waals surface area contributed by atoms with Gasteiger partial charge in [0.05, 0.1) is 32.2 Å². The third-order valence-electron chi connectivity index (χ3n) is 6.42. The number of likely N-dealkylation sites (tertiary alicyclic amines) is 1. The van der Waals surface area contributed by atoms with Gasteiger partial charge in [-0.25, -0.2) is 0 Å². The molecule has 1 fully saturated rings. The van der Waals surface area contributed by atoms with Crippen LogP contribution in [0.5, 0.6) is 0 Å². The van der Waals surface area contributed by atoms with Gasteiger partial charge in [0, 0.05) is 25.4 Å². The number of quaternary nitrogens is 1. The van der Waals surface area contributed by atoms with E-state index in [9.17, 15) is 0 Å². The Hall–Kier alpha value is -0.380. The molecule has 0 aromatic rings. The largest absolute Gasteiger partial charge is 0.323 e. The molecule has 3 unspecified atom stereocenters. The smallest absolute Gasteiger partial charge is 0.0946 e. The summed E-state index contributed by atoms with van der Waals surface area (Å²) in [6, 6.07) is 0.353. The summed E-state index contributed by atoms with van der Waals surface area (Å²) in [6.45, 7) is 18.1. The van der Waals surface area contributed by atoms with E-state index in [-0.39, 0.29) is 0 Å². The number of unbranched alkanes of at least 4 members (excludes halogenated alkanes) is 1. The summed E-state index contributed by atoms with van der Waals surface area (Å²) in [4.78, 5) is 2.67. The average Bonchev–Trinajstić information content (AvgIpc) is 2.55. The number of rotatable bonds is 7. The lowest BCUT2D eigenvalue weighted by atomic mass is 9.80. The van der Waals surface area contributed by atoms with Gasteiger partial charge in [-0.2, -0.15) is 0 Å². The molecule has 0 aromatic carbocycles. The summed E-state index contributed by atoms with van der Waals surface area (Å²) < 4.78 is 1.25. The second kappa shape index (κ2) is 8.64. The van der Waals surface area contributed by atoms with Crippen LogP contribution in [0.25, 0.3) is 0 Å². The van der Waals surface area contributed by atoms with E-state index in [1.165, 1.54) is 82.4 Å². The molecule has 0 spiro atoms. The summed E-state index contributed by atoms with van der Waals surface area (Å²) >= 11 is 0. The molecule has 0 radical (unpaired) electrons. The topological polar surface area (TPSA) is 29.3 Å². The zero-order chi connectivity index (χ0) is 16.9. The fourth-order valence-corrected chi connectivity index (χ4v) is 4.80. The van der Waals surface area contributed by atoms with Gasteiger partial charge in [-0.1, -0.05) is 31.4 Å². The quantitative estimate of drug-likeness (QED) is 0.575. The average molecular weight is 323 g/mol. The van der Waals surface area contributed by atoms with E-state index in [2.05, 4.69) is 32.6 Å². The number of hydrogen-bond acceptors (Lipinski definition) is 2. The van der Waals surface area contributed by atoms with E-state index < -0.39 is 0 Å². The Labute approximate surface area is 144 Å². The first-order chi connectivity index (χ1) is 11.0. The van der Waals surface area contributed by atoms with Gasteiger partial charge < -0.3 is 10.2 Å². The summed E-state index contributed by atoms with van der Waals surface area (Å²) in [7, 11) is 0. The van der Waals surface area contributed by atoms with Crippen LogP contribution in [0.15, 0.2) is 11.1 Å². The van der Waals surface area contributed by atoms with E-state index in [0.717, 1.165) is 0 Å². The Kier molecular flexibility index (Phi) is 7.12. The van der Waals surface area contributed by atoms with E-state index in [4.69, 9.17) is 5.73 Å². The van der Waals surface area contributed by atoms with Crippen molar-refractivity contribution in [2.75, 3.05) is 45.8 Å². The van der Waals surface area contributed by atoms with Crippen LogP contribution >= 0.6 is 0 Å². The highest BCUT2D eigenvalue weighted by atomic mass is 15.4. The van der Waals surface area contributed by atoms with Gasteiger partial charge in [-0.05, 0) is 39.7 Å². The molecule has 1 saturated heterocycles. The van der Waals surface area contributed by atoms with Gasteiger partial charge in [0.25, 0.3) is 0 Å². The van der Waals surface area contributed by atoms with Crippen molar-refractivity contribution in [3.05, 3.63) is 11.1 Å². The molecule has 2 aliphatic rings. The molecule has 3 nitrogen and oxygen atoms in total. The Balaban J connectivity index is 2.03. The van der Waals surface area contributed by atoms with Crippen molar-refractivity contribution in [1.29, 1.82) is 0 Å². The van der Waals surface area contributed by atoms with Crippen molar-refractivity contribution in [3.63, 3.8) is 0 Å². The van der Waals surface area contributed by atoms with E-state index in [1.807, 2.05) is 0 Å². The molecule has 0 saturated carbocycles. The molecule has 23 heavy (non-hydrogen) atoms. The number of piperidine rings is 1. The predicted molar refractivity (Wildman–Crippen MR) is 100 cm³/mol. The highest BCUT2D eigenvalue weighted by Crippen LogP contribution is 2.33. The van der Waals surface area contributed by atoms with Gasteiger partial charge in [-0.3, -0.25) is 4.90 Å². The molecule has 0 amide bonds. The second-order valence-corrected chi connectivity index (χ2v) is 8.03. The third kappa shape index (κ3) is 4.58. The fourth-order valence-electron chi connectivity index (χ4n) is 4.80. The molecule has 134 valence electrons. The number of likely N-dealkylation sites (N-methyl/N-ethyl adjacent to an activating group) is 1. The minimum absolute atomic E-state index is 0.353. The number of nitrogens with zero attached hydrogens (tertiary/aromatic N) is 2. The van der Waals surface area contributed by atoms with Crippen LogP contribution in [0, 0.1) is 5.92 Å². The second-order valence-electron chi connectivity index (χ2n) is 8.03. The van der Waals surface area contributed by atoms with Crippen LogP contribution in [0.4, 0.5) is 0 Å². The van der Waals surface area contributed by atoms with Crippen LogP contribution in [0.3, 0.4) is 0 Å². The van der Waals surface area contributed by atoms with Crippen LogP contribution in [-0.2, 0) is 0 Å². The molecule has 2 heterocycles.